The number of amides is 1. The lowest BCUT2D eigenvalue weighted by atomic mass is 9.90. The summed E-state index contributed by atoms with van der Waals surface area (Å²) >= 11 is 0. The summed E-state index contributed by atoms with van der Waals surface area (Å²) in [6, 6.07) is 14.7. The molecule has 0 unspecified atom stereocenters. The van der Waals surface area contributed by atoms with E-state index < -0.39 is 0 Å². The van der Waals surface area contributed by atoms with E-state index in [9.17, 15) is 4.79 Å². The number of nitrogens with one attached hydrogen (secondary N) is 2. The van der Waals surface area contributed by atoms with Gasteiger partial charge in [-0.3, -0.25) is 4.79 Å². The zero-order valence-corrected chi connectivity index (χ0v) is 16.0. The molecule has 5 rings (SSSR count). The Hall–Kier alpha value is -3.08. The maximum absolute atomic E-state index is 13.0. The molecule has 0 bridgehead atoms. The number of hydrogen-bond acceptors (Lipinski definition) is 2. The van der Waals surface area contributed by atoms with Crippen molar-refractivity contribution in [2.75, 3.05) is 13.1 Å². The third kappa shape index (κ3) is 3.07. The molecule has 4 aromatic rings. The van der Waals surface area contributed by atoms with Crippen molar-refractivity contribution in [1.29, 1.82) is 0 Å². The molecule has 28 heavy (non-hydrogen) atoms. The predicted molar refractivity (Wildman–Crippen MR) is 111 cm³/mol. The Labute approximate surface area is 163 Å². The number of aromatic amines is 2. The molecule has 0 atom stereocenters. The molecule has 0 saturated carbocycles. The lowest BCUT2D eigenvalue weighted by Crippen LogP contribution is -2.39. The second-order valence-corrected chi connectivity index (χ2v) is 7.94. The Kier molecular flexibility index (Phi) is 4.15. The number of likely N-dealkylation sites (tertiary alicyclic amines) is 1. The molecule has 0 radical (unpaired) electrons. The van der Waals surface area contributed by atoms with Gasteiger partial charge in [0.25, 0.3) is 5.91 Å². The minimum absolute atomic E-state index is 0.0534. The molecule has 2 aromatic carbocycles. The monoisotopic (exact) mass is 372 g/mol. The first-order chi connectivity index (χ1) is 13.7. The van der Waals surface area contributed by atoms with Gasteiger partial charge in [-0.15, -0.1) is 0 Å². The highest BCUT2D eigenvalue weighted by Crippen LogP contribution is 2.27. The first-order valence-corrected chi connectivity index (χ1v) is 9.97. The Morgan fingerprint density at radius 1 is 1.11 bits per heavy atom. The predicted octanol–water partition coefficient (Wildman–Crippen LogP) is 4.45. The topological polar surface area (TPSA) is 64.8 Å². The minimum atomic E-state index is 0.0534. The van der Waals surface area contributed by atoms with Gasteiger partial charge in [0.05, 0.1) is 11.0 Å². The summed E-state index contributed by atoms with van der Waals surface area (Å²) in [4.78, 5) is 19.6. The number of benzene rings is 2. The second-order valence-electron chi connectivity index (χ2n) is 7.94. The maximum Gasteiger partial charge on any atom is 0.272 e. The summed E-state index contributed by atoms with van der Waals surface area (Å²) < 4.78 is 0. The molecule has 1 aliphatic heterocycles. The van der Waals surface area contributed by atoms with Gasteiger partial charge in [-0.2, -0.15) is 0 Å². The van der Waals surface area contributed by atoms with Crippen molar-refractivity contribution in [1.82, 2.24) is 20.1 Å². The van der Waals surface area contributed by atoms with Gasteiger partial charge >= 0.3 is 0 Å². The number of aryl methyl sites for hydroxylation is 1. The van der Waals surface area contributed by atoms with Crippen LogP contribution in [0.2, 0.25) is 0 Å². The molecular weight excluding hydrogens is 348 g/mol. The van der Waals surface area contributed by atoms with Crippen LogP contribution in [0, 0.1) is 12.8 Å². The van der Waals surface area contributed by atoms with E-state index in [1.165, 1.54) is 11.1 Å². The van der Waals surface area contributed by atoms with E-state index in [1.807, 2.05) is 29.3 Å². The summed E-state index contributed by atoms with van der Waals surface area (Å²) in [7, 11) is 0. The summed E-state index contributed by atoms with van der Waals surface area (Å²) in [5, 5.41) is 8.20. The number of nitrogens with zero attached hydrogens (tertiary/aromatic N) is 2. The molecule has 2 N–H and O–H groups in total. The highest BCUT2D eigenvalue weighted by Gasteiger charge is 2.25. The zero-order valence-electron chi connectivity index (χ0n) is 16.0. The van der Waals surface area contributed by atoms with E-state index >= 15 is 0 Å². The maximum atomic E-state index is 13.0. The zero-order chi connectivity index (χ0) is 19.1. The fraction of sp³-hybridized carbons (Fsp3) is 0.304. The number of carbonyl (C=O) groups is 1. The van der Waals surface area contributed by atoms with Crippen LogP contribution in [0.3, 0.4) is 0 Å². The SMILES string of the molecule is Cc1ccc(CC2CCN(C(=O)c3cc4c(ccc5[nH][nH]cc54)n3)CC2)cc1. The van der Waals surface area contributed by atoms with Crippen LogP contribution in [0.5, 0.6) is 0 Å². The fourth-order valence-corrected chi connectivity index (χ4v) is 4.29. The standard InChI is InChI=1S/C23H24N4O/c1-15-2-4-16(5-3-15)12-17-8-10-27(11-9-17)23(28)22-13-18-19-14-24-26-21(19)7-6-20(18)25-22/h2-7,13-14,17,24,26H,8-12H2,1H3. The van der Waals surface area contributed by atoms with Gasteiger partial charge < -0.3 is 15.1 Å². The number of hydrogen-bond donors (Lipinski definition) is 2. The lowest BCUT2D eigenvalue weighted by molar-refractivity contribution is 0.0685. The normalized spacial score (nSPS) is 15.5. The van der Waals surface area contributed by atoms with Crippen LogP contribution in [-0.2, 0) is 6.42 Å². The number of aromatic nitrogens is 3. The number of H-pyrrole nitrogens is 2. The highest BCUT2D eigenvalue weighted by atomic mass is 16.2. The Morgan fingerprint density at radius 3 is 2.68 bits per heavy atom. The second kappa shape index (κ2) is 6.82. The van der Waals surface area contributed by atoms with Gasteiger partial charge in [-0.1, -0.05) is 29.8 Å². The smallest absolute Gasteiger partial charge is 0.272 e. The van der Waals surface area contributed by atoms with Crippen molar-refractivity contribution >= 4 is 27.7 Å². The minimum Gasteiger partial charge on any atom is -0.337 e. The van der Waals surface area contributed by atoms with Gasteiger partial charge in [0.1, 0.15) is 5.69 Å². The van der Waals surface area contributed by atoms with Crippen LogP contribution < -0.4 is 0 Å². The summed E-state index contributed by atoms with van der Waals surface area (Å²) in [6.45, 7) is 3.74. The molecule has 2 aromatic heterocycles. The van der Waals surface area contributed by atoms with Crippen LogP contribution in [0.15, 0.2) is 48.7 Å². The Balaban J connectivity index is 1.28. The third-order valence-corrected chi connectivity index (χ3v) is 5.98. The summed E-state index contributed by atoms with van der Waals surface area (Å²) in [6.07, 6.45) is 5.13. The first-order valence-electron chi connectivity index (χ1n) is 9.97. The largest absolute Gasteiger partial charge is 0.337 e. The quantitative estimate of drug-likeness (QED) is 0.558. The molecule has 5 heteroatoms. The van der Waals surface area contributed by atoms with Crippen molar-refractivity contribution in [3.63, 3.8) is 0 Å². The van der Waals surface area contributed by atoms with Crippen molar-refractivity contribution in [3.05, 3.63) is 65.5 Å². The van der Waals surface area contributed by atoms with Gasteiger partial charge in [0, 0.05) is 30.1 Å². The Bertz CT molecular complexity index is 1130. The lowest BCUT2D eigenvalue weighted by Gasteiger charge is -2.31. The van der Waals surface area contributed by atoms with Crippen molar-refractivity contribution < 1.29 is 4.79 Å². The number of piperidine rings is 1. The number of rotatable bonds is 3. The molecule has 1 saturated heterocycles. The van der Waals surface area contributed by atoms with E-state index in [0.717, 1.165) is 54.2 Å². The highest BCUT2D eigenvalue weighted by molar-refractivity contribution is 6.08. The molecule has 3 heterocycles. The average Bonchev–Trinajstić information content (AvgIpc) is 3.36. The molecule has 142 valence electrons. The molecular formula is C23H24N4O. The molecule has 5 nitrogen and oxygen atoms in total. The van der Waals surface area contributed by atoms with E-state index in [2.05, 4.69) is 46.4 Å². The fourth-order valence-electron chi connectivity index (χ4n) is 4.29. The van der Waals surface area contributed by atoms with Crippen molar-refractivity contribution in [3.8, 4) is 0 Å². The molecule has 1 fully saturated rings. The molecule has 0 spiro atoms. The number of fused-ring (bicyclic) bond motifs is 3. The van der Waals surface area contributed by atoms with E-state index in [-0.39, 0.29) is 5.91 Å². The van der Waals surface area contributed by atoms with Gasteiger partial charge in [-0.05, 0) is 55.9 Å². The summed E-state index contributed by atoms with van der Waals surface area (Å²) in [5.74, 6) is 0.700. The van der Waals surface area contributed by atoms with Crippen LogP contribution in [0.4, 0.5) is 0 Å². The van der Waals surface area contributed by atoms with Crippen molar-refractivity contribution in [2.24, 2.45) is 5.92 Å². The average molecular weight is 372 g/mol. The summed E-state index contributed by atoms with van der Waals surface area (Å²) in [5.41, 5.74) is 5.15. The van der Waals surface area contributed by atoms with Crippen LogP contribution >= 0.6 is 0 Å². The third-order valence-electron chi connectivity index (χ3n) is 5.98. The molecule has 0 aliphatic carbocycles. The Morgan fingerprint density at radius 2 is 1.89 bits per heavy atom. The van der Waals surface area contributed by atoms with Crippen LogP contribution in [-0.4, -0.2) is 39.1 Å². The van der Waals surface area contributed by atoms with E-state index in [1.54, 1.807) is 0 Å². The molecule has 1 aliphatic rings. The van der Waals surface area contributed by atoms with Gasteiger partial charge in [0.15, 0.2) is 0 Å². The molecule has 1 amide bonds. The number of carbonyl (C=O) groups excluding carboxylic acids is 1. The first kappa shape index (κ1) is 17.0. The van der Waals surface area contributed by atoms with Gasteiger partial charge in [-0.25, -0.2) is 4.98 Å². The van der Waals surface area contributed by atoms with Crippen molar-refractivity contribution in [2.45, 2.75) is 26.2 Å². The van der Waals surface area contributed by atoms with Crippen LogP contribution in [0.1, 0.15) is 34.5 Å². The van der Waals surface area contributed by atoms with Crippen LogP contribution in [0.25, 0.3) is 21.8 Å². The van der Waals surface area contributed by atoms with Gasteiger partial charge in [0.2, 0.25) is 0 Å². The van der Waals surface area contributed by atoms with E-state index in [0.29, 0.717) is 11.6 Å². The van der Waals surface area contributed by atoms with E-state index in [4.69, 9.17) is 0 Å².